The van der Waals surface area contributed by atoms with Gasteiger partial charge in [-0.05, 0) is 56.0 Å². The van der Waals surface area contributed by atoms with Gasteiger partial charge in [-0.3, -0.25) is 10.1 Å². The van der Waals surface area contributed by atoms with Crippen molar-refractivity contribution in [3.8, 4) is 0 Å². The molecule has 2 aromatic carbocycles. The van der Waals surface area contributed by atoms with Crippen LogP contribution in [0.4, 0.5) is 5.13 Å². The van der Waals surface area contributed by atoms with Crippen LogP contribution in [-0.4, -0.2) is 24.5 Å². The van der Waals surface area contributed by atoms with E-state index < -0.39 is 10.0 Å². The van der Waals surface area contributed by atoms with Gasteiger partial charge < -0.3 is 0 Å². The van der Waals surface area contributed by atoms with Gasteiger partial charge in [0.05, 0.1) is 0 Å². The molecule has 0 saturated carbocycles. The first-order valence-corrected chi connectivity index (χ1v) is 11.8. The van der Waals surface area contributed by atoms with Crippen LogP contribution >= 0.6 is 11.3 Å². The molecule has 0 fully saturated rings. The lowest BCUT2D eigenvalue weighted by molar-refractivity contribution is 0.102. The van der Waals surface area contributed by atoms with Crippen LogP contribution in [0.3, 0.4) is 0 Å². The van der Waals surface area contributed by atoms with Crippen molar-refractivity contribution < 1.29 is 13.2 Å². The number of hydrogen-bond donors (Lipinski definition) is 2. The Balaban J connectivity index is 1.74. The second kappa shape index (κ2) is 9.03. The number of hydrogen-bond acceptors (Lipinski definition) is 6. The zero-order chi connectivity index (χ0) is 21.9. The Morgan fingerprint density at radius 2 is 1.73 bits per heavy atom. The SMILES string of the molecule is CC[C@@H](NS(=O)(=O)c1nnc(NC(=O)c2ccc(C)cc2)s1)c1ccc(C)c(C)c1. The first-order chi connectivity index (χ1) is 14.2. The molecule has 158 valence electrons. The summed E-state index contributed by atoms with van der Waals surface area (Å²) in [5.74, 6) is -0.371. The molecule has 1 aromatic heterocycles. The van der Waals surface area contributed by atoms with Gasteiger partial charge in [0.15, 0.2) is 0 Å². The smallest absolute Gasteiger partial charge is 0.270 e. The molecule has 0 unspecified atom stereocenters. The Kier molecular flexibility index (Phi) is 6.64. The number of benzene rings is 2. The van der Waals surface area contributed by atoms with E-state index in [4.69, 9.17) is 0 Å². The molecule has 2 N–H and O–H groups in total. The average Bonchev–Trinajstić information content (AvgIpc) is 3.18. The maximum Gasteiger partial charge on any atom is 0.270 e. The van der Waals surface area contributed by atoms with Gasteiger partial charge in [-0.25, -0.2) is 13.1 Å². The van der Waals surface area contributed by atoms with Gasteiger partial charge in [0, 0.05) is 11.6 Å². The Morgan fingerprint density at radius 3 is 2.37 bits per heavy atom. The molecule has 7 nitrogen and oxygen atoms in total. The van der Waals surface area contributed by atoms with Gasteiger partial charge >= 0.3 is 0 Å². The number of rotatable bonds is 7. The molecule has 1 atom stereocenters. The molecule has 0 radical (unpaired) electrons. The maximum atomic E-state index is 12.8. The fourth-order valence-corrected chi connectivity index (χ4v) is 5.07. The van der Waals surface area contributed by atoms with Crippen molar-refractivity contribution >= 4 is 32.4 Å². The predicted molar refractivity (Wildman–Crippen MR) is 118 cm³/mol. The van der Waals surface area contributed by atoms with E-state index in [1.807, 2.05) is 58.0 Å². The fraction of sp³-hybridized carbons (Fsp3) is 0.286. The van der Waals surface area contributed by atoms with Crippen LogP contribution in [0, 0.1) is 20.8 Å². The number of anilines is 1. The van der Waals surface area contributed by atoms with Gasteiger partial charge in [0.25, 0.3) is 15.9 Å². The Hall–Kier alpha value is -2.62. The number of nitrogens with one attached hydrogen (secondary N) is 2. The molecular formula is C21H24N4O3S2. The van der Waals surface area contributed by atoms with E-state index in [2.05, 4.69) is 20.2 Å². The van der Waals surface area contributed by atoms with Crippen molar-refractivity contribution in [1.82, 2.24) is 14.9 Å². The summed E-state index contributed by atoms with van der Waals surface area (Å²) in [6.45, 7) is 7.85. The summed E-state index contributed by atoms with van der Waals surface area (Å²) >= 11 is 0.815. The van der Waals surface area contributed by atoms with E-state index in [1.54, 1.807) is 12.1 Å². The maximum absolute atomic E-state index is 12.8. The zero-order valence-corrected chi connectivity index (χ0v) is 18.9. The van der Waals surface area contributed by atoms with Crippen molar-refractivity contribution in [2.24, 2.45) is 0 Å². The normalized spacial score (nSPS) is 12.5. The third-order valence-corrected chi connectivity index (χ3v) is 7.49. The second-order valence-corrected chi connectivity index (χ2v) is 9.98. The first-order valence-electron chi connectivity index (χ1n) is 9.50. The molecule has 0 aliphatic carbocycles. The highest BCUT2D eigenvalue weighted by molar-refractivity contribution is 7.91. The van der Waals surface area contributed by atoms with Crippen LogP contribution in [-0.2, 0) is 10.0 Å². The van der Waals surface area contributed by atoms with Gasteiger partial charge in [-0.2, -0.15) is 0 Å². The highest BCUT2D eigenvalue weighted by Gasteiger charge is 2.25. The average molecular weight is 445 g/mol. The number of carbonyl (C=O) groups excluding carboxylic acids is 1. The fourth-order valence-electron chi connectivity index (χ4n) is 2.85. The molecule has 9 heteroatoms. The topological polar surface area (TPSA) is 101 Å². The van der Waals surface area contributed by atoms with Crippen LogP contribution in [0.5, 0.6) is 0 Å². The highest BCUT2D eigenvalue weighted by atomic mass is 32.2. The Morgan fingerprint density at radius 1 is 1.03 bits per heavy atom. The summed E-state index contributed by atoms with van der Waals surface area (Å²) in [6.07, 6.45) is 0.581. The summed E-state index contributed by atoms with van der Waals surface area (Å²) < 4.78 is 28.1. The van der Waals surface area contributed by atoms with Gasteiger partial charge in [0.1, 0.15) is 0 Å². The molecule has 1 heterocycles. The predicted octanol–water partition coefficient (Wildman–Crippen LogP) is 4.15. The number of nitrogens with zero attached hydrogens (tertiary/aromatic N) is 2. The van der Waals surface area contributed by atoms with Crippen LogP contribution in [0.25, 0.3) is 0 Å². The van der Waals surface area contributed by atoms with Crippen LogP contribution in [0.2, 0.25) is 0 Å². The van der Waals surface area contributed by atoms with Crippen LogP contribution in [0.1, 0.15) is 52.0 Å². The molecule has 1 amide bonds. The minimum atomic E-state index is -3.88. The lowest BCUT2D eigenvalue weighted by Gasteiger charge is -2.17. The van der Waals surface area contributed by atoms with Crippen LogP contribution < -0.4 is 10.0 Å². The van der Waals surface area contributed by atoms with Crippen LogP contribution in [0.15, 0.2) is 46.8 Å². The van der Waals surface area contributed by atoms with Crippen molar-refractivity contribution in [3.63, 3.8) is 0 Å². The van der Waals surface area contributed by atoms with Gasteiger partial charge in [0.2, 0.25) is 9.47 Å². The van der Waals surface area contributed by atoms with Crippen molar-refractivity contribution in [2.45, 2.75) is 44.5 Å². The molecule has 3 rings (SSSR count). The Labute approximate surface area is 180 Å². The summed E-state index contributed by atoms with van der Waals surface area (Å²) in [7, 11) is -3.88. The van der Waals surface area contributed by atoms with Crippen molar-refractivity contribution in [3.05, 3.63) is 70.3 Å². The van der Waals surface area contributed by atoms with Crippen molar-refractivity contribution in [2.75, 3.05) is 5.32 Å². The molecular weight excluding hydrogens is 420 g/mol. The van der Waals surface area contributed by atoms with E-state index >= 15 is 0 Å². The minimum Gasteiger partial charge on any atom is -0.296 e. The third kappa shape index (κ3) is 5.10. The van der Waals surface area contributed by atoms with E-state index in [-0.39, 0.29) is 21.4 Å². The second-order valence-electron chi connectivity index (χ2n) is 7.12. The minimum absolute atomic E-state index is 0.125. The molecule has 0 saturated heterocycles. The summed E-state index contributed by atoms with van der Waals surface area (Å²) in [6, 6.07) is 12.5. The monoisotopic (exact) mass is 444 g/mol. The zero-order valence-electron chi connectivity index (χ0n) is 17.3. The molecule has 3 aromatic rings. The van der Waals surface area contributed by atoms with E-state index in [9.17, 15) is 13.2 Å². The van der Waals surface area contributed by atoms with E-state index in [0.29, 0.717) is 12.0 Å². The standard InChI is InChI=1S/C21H24N4O3S2/c1-5-18(17-11-8-14(3)15(4)12-17)25-30(27,28)21-24-23-20(29-21)22-19(26)16-9-6-13(2)7-10-16/h6-12,18,25H,5H2,1-4H3,(H,22,23,26)/t18-/m1/s1. The lowest BCUT2D eigenvalue weighted by atomic mass is 10.0. The molecule has 0 aliphatic heterocycles. The van der Waals surface area contributed by atoms with E-state index in [1.165, 1.54) is 0 Å². The first kappa shape index (κ1) is 22.1. The number of carbonyl (C=O) groups is 1. The quantitative estimate of drug-likeness (QED) is 0.533. The number of aryl methyl sites for hydroxylation is 3. The Bertz CT molecular complexity index is 1160. The number of sulfonamides is 1. The summed E-state index contributed by atoms with van der Waals surface area (Å²) in [5.41, 5.74) is 4.63. The van der Waals surface area contributed by atoms with Gasteiger partial charge in [-0.15, -0.1) is 10.2 Å². The molecule has 0 aliphatic rings. The summed E-state index contributed by atoms with van der Waals surface area (Å²) in [5, 5.41) is 10.3. The third-order valence-electron chi connectivity index (χ3n) is 4.81. The molecule has 30 heavy (non-hydrogen) atoms. The molecule has 0 bridgehead atoms. The van der Waals surface area contributed by atoms with Gasteiger partial charge in [-0.1, -0.05) is 54.2 Å². The number of aromatic nitrogens is 2. The number of amides is 1. The molecule has 0 spiro atoms. The highest BCUT2D eigenvalue weighted by Crippen LogP contribution is 2.25. The summed E-state index contributed by atoms with van der Waals surface area (Å²) in [4.78, 5) is 12.3. The largest absolute Gasteiger partial charge is 0.296 e. The van der Waals surface area contributed by atoms with Crippen molar-refractivity contribution in [1.29, 1.82) is 0 Å². The van der Waals surface area contributed by atoms with E-state index in [0.717, 1.165) is 33.6 Å². The lowest BCUT2D eigenvalue weighted by Crippen LogP contribution is -2.28.